The lowest BCUT2D eigenvalue weighted by Gasteiger charge is -2.15. The Hall–Kier alpha value is -3.24. The molecule has 1 fully saturated rings. The summed E-state index contributed by atoms with van der Waals surface area (Å²) in [5.74, 6) is -2.00. The lowest BCUT2D eigenvalue weighted by Crippen LogP contribution is -2.39. The first-order valence-electron chi connectivity index (χ1n) is 16.6. The van der Waals surface area contributed by atoms with E-state index >= 15 is 0 Å². The number of ether oxygens (including phenoxy) is 4. The number of carbonyl (C=O) groups excluding carboxylic acids is 8. The molecule has 1 saturated heterocycles. The van der Waals surface area contributed by atoms with Crippen LogP contribution in [0.2, 0.25) is 0 Å². The van der Waals surface area contributed by atoms with Gasteiger partial charge in [0, 0.05) is 96.3 Å². The molecule has 2 heterocycles. The van der Waals surface area contributed by atoms with Crippen LogP contribution in [0.5, 0.6) is 0 Å². The van der Waals surface area contributed by atoms with Crippen molar-refractivity contribution in [2.24, 2.45) is 22.9 Å². The van der Waals surface area contributed by atoms with Gasteiger partial charge in [0.05, 0.1) is 43.8 Å². The molecule has 0 aromatic heterocycles. The second-order valence-corrected chi connectivity index (χ2v) is 12.9. The number of rotatable bonds is 26. The predicted octanol–water partition coefficient (Wildman–Crippen LogP) is -1.26. The average molecular weight is 795 g/mol. The molecular weight excluding hydrogens is 737 g/mol. The molecule has 6 amide bonds. The van der Waals surface area contributed by atoms with Crippen molar-refractivity contribution >= 4 is 71.4 Å². The molecule has 20 heteroatoms. The summed E-state index contributed by atoms with van der Waals surface area (Å²) in [5.41, 5.74) is 20.4. The Kier molecular flexibility index (Phi) is 30.5. The maximum Gasteiger partial charge on any atom is 0.253 e. The van der Waals surface area contributed by atoms with E-state index in [-0.39, 0.29) is 80.7 Å². The monoisotopic (exact) mass is 794 g/mol. The SMILES string of the molecule is C.COCCOCCCC(=O)CCN1C(=O)C=CC1=O.COCCOCCCC(=O)CCN1C(=O)CC(SCC(N)C(N)=O)C1=O.NC(=O)C(N)CS. The number of hydrogen-bond acceptors (Lipinski definition) is 16. The van der Waals surface area contributed by atoms with Gasteiger partial charge in [0.15, 0.2) is 0 Å². The minimum Gasteiger partial charge on any atom is -0.382 e. The first-order valence-corrected chi connectivity index (χ1v) is 18.2. The van der Waals surface area contributed by atoms with E-state index in [0.717, 1.165) is 21.6 Å². The maximum absolute atomic E-state index is 12.3. The third kappa shape index (κ3) is 23.9. The van der Waals surface area contributed by atoms with Crippen molar-refractivity contribution in [2.45, 2.75) is 69.7 Å². The Morgan fingerprint density at radius 3 is 1.60 bits per heavy atom. The minimum atomic E-state index is -0.857. The van der Waals surface area contributed by atoms with Crippen LogP contribution < -0.4 is 22.9 Å². The van der Waals surface area contributed by atoms with Gasteiger partial charge in [-0.3, -0.25) is 48.2 Å². The van der Waals surface area contributed by atoms with Crippen LogP contribution in [-0.4, -0.2) is 153 Å². The molecular formula is C33H58N6O12S2. The number of thioether (sulfide) groups is 1. The van der Waals surface area contributed by atoms with Crippen LogP contribution in [0.1, 0.15) is 52.4 Å². The number of amides is 6. The van der Waals surface area contributed by atoms with Crippen molar-refractivity contribution in [1.29, 1.82) is 0 Å². The van der Waals surface area contributed by atoms with E-state index < -0.39 is 29.1 Å². The van der Waals surface area contributed by atoms with Crippen molar-refractivity contribution in [1.82, 2.24) is 9.80 Å². The highest BCUT2D eigenvalue weighted by atomic mass is 32.2. The van der Waals surface area contributed by atoms with E-state index in [4.69, 9.17) is 41.9 Å². The summed E-state index contributed by atoms with van der Waals surface area (Å²) in [6, 6.07) is -1.45. The molecule has 0 saturated carbocycles. The van der Waals surface area contributed by atoms with Gasteiger partial charge in [0.1, 0.15) is 11.6 Å². The van der Waals surface area contributed by atoms with Gasteiger partial charge in [-0.2, -0.15) is 12.6 Å². The zero-order valence-corrected chi connectivity index (χ0v) is 31.6. The van der Waals surface area contributed by atoms with Gasteiger partial charge in [0.25, 0.3) is 11.8 Å². The number of hydrogen-bond donors (Lipinski definition) is 5. The van der Waals surface area contributed by atoms with E-state index in [1.807, 2.05) is 0 Å². The highest BCUT2D eigenvalue weighted by Crippen LogP contribution is 2.25. The molecule has 0 spiro atoms. The van der Waals surface area contributed by atoms with E-state index in [1.165, 1.54) is 12.2 Å². The number of primary amides is 2. The number of nitrogens with two attached hydrogens (primary N) is 4. The molecule has 2 rings (SSSR count). The molecule has 2 aliphatic rings. The van der Waals surface area contributed by atoms with E-state index in [2.05, 4.69) is 12.6 Å². The highest BCUT2D eigenvalue weighted by Gasteiger charge is 2.39. The van der Waals surface area contributed by atoms with Crippen molar-refractivity contribution in [3.05, 3.63) is 12.2 Å². The van der Waals surface area contributed by atoms with Crippen LogP contribution in [0.3, 0.4) is 0 Å². The van der Waals surface area contributed by atoms with E-state index in [1.54, 1.807) is 14.2 Å². The lowest BCUT2D eigenvalue weighted by molar-refractivity contribution is -0.139. The highest BCUT2D eigenvalue weighted by molar-refractivity contribution is 8.00. The molecule has 3 unspecified atom stereocenters. The van der Waals surface area contributed by atoms with Gasteiger partial charge < -0.3 is 41.9 Å². The number of methoxy groups -OCH3 is 2. The zero-order valence-electron chi connectivity index (χ0n) is 29.9. The largest absolute Gasteiger partial charge is 0.382 e. The number of ketones is 2. The molecule has 0 aromatic carbocycles. The van der Waals surface area contributed by atoms with Crippen LogP contribution in [0.15, 0.2) is 12.2 Å². The fourth-order valence-corrected chi connectivity index (χ4v) is 5.33. The summed E-state index contributed by atoms with van der Waals surface area (Å²) < 4.78 is 20.2. The smallest absolute Gasteiger partial charge is 0.253 e. The Labute approximate surface area is 321 Å². The Balaban J connectivity index is 0. The standard InChI is InChI=1S/C16H27N3O6S.C13H19NO5.C3H8N2OS.CH4/c1-24-7-8-25-6-2-3-11(20)4-5-19-14(21)9-13(16(19)23)26-10-12(17)15(18)22;1-18-9-10-19-8-2-3-11(15)6-7-14-12(16)4-5-13(14)17;4-2(1-7)3(5)6;/h12-13H,2-10,17H2,1H3,(H2,18,22);4-5H,2-3,6-10H2,1H3;2,7H,1,4H2,(H2,5,6);1H4. The third-order valence-electron chi connectivity index (χ3n) is 7.09. The van der Waals surface area contributed by atoms with Gasteiger partial charge >= 0.3 is 0 Å². The summed E-state index contributed by atoms with van der Waals surface area (Å²) in [4.78, 5) is 93.2. The number of nitrogens with zero attached hydrogens (tertiary/aromatic N) is 2. The van der Waals surface area contributed by atoms with Crippen LogP contribution in [0.25, 0.3) is 0 Å². The molecule has 3 atom stereocenters. The van der Waals surface area contributed by atoms with Gasteiger partial charge in [-0.05, 0) is 12.8 Å². The molecule has 53 heavy (non-hydrogen) atoms. The first kappa shape index (κ1) is 51.9. The topological polar surface area (TPSA) is 284 Å². The van der Waals surface area contributed by atoms with Crippen molar-refractivity contribution in [3.8, 4) is 0 Å². The van der Waals surface area contributed by atoms with Gasteiger partial charge in [0.2, 0.25) is 23.6 Å². The Morgan fingerprint density at radius 2 is 1.21 bits per heavy atom. The second kappa shape index (κ2) is 31.1. The Morgan fingerprint density at radius 1 is 0.755 bits per heavy atom. The summed E-state index contributed by atoms with van der Waals surface area (Å²) in [7, 11) is 3.19. The zero-order chi connectivity index (χ0) is 39.5. The first-order chi connectivity index (χ1) is 24.7. The third-order valence-corrected chi connectivity index (χ3v) is 8.80. The lowest BCUT2D eigenvalue weighted by atomic mass is 10.1. The molecule has 0 bridgehead atoms. The number of Topliss-reactive ketones (excluding diaryl/α,β-unsaturated/α-hetero) is 2. The summed E-state index contributed by atoms with van der Waals surface area (Å²) in [5, 5.41) is -0.572. The molecule has 8 N–H and O–H groups in total. The normalized spacial score (nSPS) is 16.0. The van der Waals surface area contributed by atoms with E-state index in [0.29, 0.717) is 71.1 Å². The van der Waals surface area contributed by atoms with Crippen LogP contribution in [0, 0.1) is 0 Å². The number of carbonyl (C=O) groups is 8. The summed E-state index contributed by atoms with van der Waals surface area (Å²) in [6.07, 6.45) is 4.80. The van der Waals surface area contributed by atoms with Crippen molar-refractivity contribution < 1.29 is 57.3 Å². The van der Waals surface area contributed by atoms with Crippen LogP contribution in [-0.2, 0) is 57.3 Å². The van der Waals surface area contributed by atoms with Gasteiger partial charge in [-0.25, -0.2) is 0 Å². The van der Waals surface area contributed by atoms with Crippen LogP contribution in [0.4, 0.5) is 0 Å². The number of thiol groups is 1. The number of likely N-dealkylation sites (tertiary alicyclic amines) is 1. The van der Waals surface area contributed by atoms with Crippen molar-refractivity contribution in [3.63, 3.8) is 0 Å². The van der Waals surface area contributed by atoms with Crippen molar-refractivity contribution in [2.75, 3.05) is 78.5 Å². The molecule has 304 valence electrons. The fraction of sp³-hybridized carbons (Fsp3) is 0.697. The van der Waals surface area contributed by atoms with Gasteiger partial charge in [-0.1, -0.05) is 7.43 Å². The average Bonchev–Trinajstić information content (AvgIpc) is 3.58. The molecule has 2 aliphatic heterocycles. The number of imide groups is 2. The predicted molar refractivity (Wildman–Crippen MR) is 201 cm³/mol. The maximum atomic E-state index is 12.3. The quantitative estimate of drug-likeness (QED) is 0.0388. The van der Waals surface area contributed by atoms with E-state index in [9.17, 15) is 38.4 Å². The Bertz CT molecular complexity index is 1190. The molecule has 0 radical (unpaired) electrons. The summed E-state index contributed by atoms with van der Waals surface area (Å²) in [6.45, 7) is 3.28. The minimum absolute atomic E-state index is 0. The van der Waals surface area contributed by atoms with Gasteiger partial charge in [-0.15, -0.1) is 11.8 Å². The molecule has 0 aromatic rings. The molecule has 0 aliphatic carbocycles. The summed E-state index contributed by atoms with van der Waals surface area (Å²) >= 11 is 4.87. The van der Waals surface area contributed by atoms with Crippen LogP contribution >= 0.6 is 24.4 Å². The molecule has 18 nitrogen and oxygen atoms in total. The second-order valence-electron chi connectivity index (χ2n) is 11.3. The fourth-order valence-electron chi connectivity index (χ4n) is 4.02.